The van der Waals surface area contributed by atoms with E-state index in [1.165, 1.54) is 36.7 Å². The Hall–Kier alpha value is -4.59. The molecule has 0 saturated heterocycles. The molecule has 0 aliphatic carbocycles. The number of ketones is 1. The first-order valence-electron chi connectivity index (χ1n) is 10.6. The number of amides is 2. The number of anilines is 1. The minimum atomic E-state index is -1.16. The summed E-state index contributed by atoms with van der Waals surface area (Å²) >= 11 is 0. The van der Waals surface area contributed by atoms with Crippen LogP contribution in [0.5, 0.6) is 0 Å². The third kappa shape index (κ3) is 5.07. The van der Waals surface area contributed by atoms with E-state index in [2.05, 4.69) is 15.3 Å². The highest BCUT2D eigenvalue weighted by molar-refractivity contribution is 6.09. The first-order valence-corrected chi connectivity index (χ1v) is 10.6. The van der Waals surface area contributed by atoms with Gasteiger partial charge in [0.15, 0.2) is 11.8 Å². The lowest BCUT2D eigenvalue weighted by molar-refractivity contribution is -0.123. The zero-order valence-electron chi connectivity index (χ0n) is 18.4. The van der Waals surface area contributed by atoms with Crippen LogP contribution in [0, 0.1) is 0 Å². The van der Waals surface area contributed by atoms with Crippen LogP contribution in [0.4, 0.5) is 5.69 Å². The summed E-state index contributed by atoms with van der Waals surface area (Å²) < 4.78 is 5.58. The van der Waals surface area contributed by atoms with Crippen LogP contribution in [0.25, 0.3) is 0 Å². The molecule has 0 spiro atoms. The molecule has 0 aliphatic heterocycles. The van der Waals surface area contributed by atoms with Crippen molar-refractivity contribution in [2.24, 2.45) is 0 Å². The first kappa shape index (κ1) is 22.6. The number of benzene rings is 2. The van der Waals surface area contributed by atoms with Crippen LogP contribution >= 0.6 is 0 Å². The van der Waals surface area contributed by atoms with Crippen molar-refractivity contribution in [2.75, 3.05) is 4.90 Å². The Morgan fingerprint density at radius 3 is 2.50 bits per heavy atom. The number of carbonyl (C=O) groups excluding carboxylic acids is 3. The van der Waals surface area contributed by atoms with Crippen molar-refractivity contribution in [1.82, 2.24) is 15.3 Å². The van der Waals surface area contributed by atoms with Crippen molar-refractivity contribution < 1.29 is 18.8 Å². The molecule has 2 heterocycles. The van der Waals surface area contributed by atoms with Crippen molar-refractivity contribution in [3.63, 3.8) is 0 Å². The molecule has 2 amide bonds. The summed E-state index contributed by atoms with van der Waals surface area (Å²) in [6, 6.07) is 18.1. The predicted octanol–water partition coefficient (Wildman–Crippen LogP) is 3.98. The minimum Gasteiger partial charge on any atom is -0.467 e. The van der Waals surface area contributed by atoms with Crippen molar-refractivity contribution >= 4 is 23.3 Å². The SMILES string of the molecule is CC(=O)c1cccc(N(C(=O)c2cnccn2)[C@H](C(=O)NCc2ccccc2)c2ccco2)c1. The van der Waals surface area contributed by atoms with Crippen LogP contribution in [0.2, 0.25) is 0 Å². The van der Waals surface area contributed by atoms with E-state index < -0.39 is 17.9 Å². The number of aromatic nitrogens is 2. The fourth-order valence-corrected chi connectivity index (χ4v) is 3.49. The minimum absolute atomic E-state index is 0.0446. The van der Waals surface area contributed by atoms with E-state index in [9.17, 15) is 14.4 Å². The zero-order chi connectivity index (χ0) is 23.9. The number of Topliss-reactive ketones (excluding diaryl/α,β-unsaturated/α-hetero) is 1. The molecule has 0 bridgehead atoms. The quantitative estimate of drug-likeness (QED) is 0.404. The largest absolute Gasteiger partial charge is 0.467 e. The second kappa shape index (κ2) is 10.4. The molecule has 8 heteroatoms. The van der Waals surface area contributed by atoms with Crippen LogP contribution in [-0.4, -0.2) is 27.6 Å². The average molecular weight is 454 g/mol. The molecule has 1 atom stereocenters. The summed E-state index contributed by atoms with van der Waals surface area (Å²) in [5.41, 5.74) is 1.69. The molecule has 170 valence electrons. The molecule has 0 radical (unpaired) electrons. The maximum Gasteiger partial charge on any atom is 0.279 e. The van der Waals surface area contributed by atoms with E-state index in [1.54, 1.807) is 36.4 Å². The smallest absolute Gasteiger partial charge is 0.279 e. The second-order valence-electron chi connectivity index (χ2n) is 7.49. The van der Waals surface area contributed by atoms with Crippen molar-refractivity contribution in [1.29, 1.82) is 0 Å². The third-order valence-corrected chi connectivity index (χ3v) is 5.16. The van der Waals surface area contributed by atoms with Crippen LogP contribution < -0.4 is 10.2 Å². The molecule has 4 aromatic rings. The summed E-state index contributed by atoms with van der Waals surface area (Å²) in [7, 11) is 0. The molecule has 0 saturated carbocycles. The third-order valence-electron chi connectivity index (χ3n) is 5.16. The van der Waals surface area contributed by atoms with Gasteiger partial charge in [-0.2, -0.15) is 0 Å². The molecular formula is C26H22N4O4. The van der Waals surface area contributed by atoms with Gasteiger partial charge in [0, 0.05) is 30.2 Å². The van der Waals surface area contributed by atoms with Gasteiger partial charge >= 0.3 is 0 Å². The normalized spacial score (nSPS) is 11.4. The monoisotopic (exact) mass is 454 g/mol. The maximum absolute atomic E-state index is 13.7. The fourth-order valence-electron chi connectivity index (χ4n) is 3.49. The van der Waals surface area contributed by atoms with Crippen molar-refractivity contribution in [3.8, 4) is 0 Å². The van der Waals surface area contributed by atoms with E-state index in [4.69, 9.17) is 4.42 Å². The van der Waals surface area contributed by atoms with Gasteiger partial charge in [-0.15, -0.1) is 0 Å². The molecule has 4 rings (SSSR count). The van der Waals surface area contributed by atoms with E-state index in [-0.39, 0.29) is 23.8 Å². The van der Waals surface area contributed by atoms with Gasteiger partial charge in [0.1, 0.15) is 11.5 Å². The van der Waals surface area contributed by atoms with E-state index in [0.717, 1.165) is 5.56 Å². The van der Waals surface area contributed by atoms with Gasteiger partial charge in [-0.1, -0.05) is 42.5 Å². The summed E-state index contributed by atoms with van der Waals surface area (Å²) in [6.07, 6.45) is 5.61. The number of nitrogens with zero attached hydrogens (tertiary/aromatic N) is 3. The Morgan fingerprint density at radius 1 is 1.00 bits per heavy atom. The zero-order valence-corrected chi connectivity index (χ0v) is 18.4. The summed E-state index contributed by atoms with van der Waals surface area (Å²) in [4.78, 5) is 48.6. The van der Waals surface area contributed by atoms with Gasteiger partial charge in [-0.3, -0.25) is 24.3 Å². The lowest BCUT2D eigenvalue weighted by atomic mass is 10.1. The Balaban J connectivity index is 1.78. The lowest BCUT2D eigenvalue weighted by Crippen LogP contribution is -2.44. The van der Waals surface area contributed by atoms with Gasteiger partial charge in [0.2, 0.25) is 0 Å². The highest BCUT2D eigenvalue weighted by Gasteiger charge is 2.36. The second-order valence-corrected chi connectivity index (χ2v) is 7.49. The summed E-state index contributed by atoms with van der Waals surface area (Å²) in [5.74, 6) is -0.929. The molecular weight excluding hydrogens is 432 g/mol. The highest BCUT2D eigenvalue weighted by Crippen LogP contribution is 2.30. The predicted molar refractivity (Wildman–Crippen MR) is 125 cm³/mol. The molecule has 2 aromatic heterocycles. The summed E-state index contributed by atoms with van der Waals surface area (Å²) in [5, 5.41) is 2.89. The van der Waals surface area contributed by atoms with E-state index >= 15 is 0 Å². The number of nitrogens with one attached hydrogen (secondary N) is 1. The van der Waals surface area contributed by atoms with Crippen molar-refractivity contribution in [2.45, 2.75) is 19.5 Å². The van der Waals surface area contributed by atoms with Crippen molar-refractivity contribution in [3.05, 3.63) is 114 Å². The Morgan fingerprint density at radius 2 is 1.82 bits per heavy atom. The lowest BCUT2D eigenvalue weighted by Gasteiger charge is -2.30. The topological polar surface area (TPSA) is 105 Å². The van der Waals surface area contributed by atoms with Gasteiger partial charge < -0.3 is 9.73 Å². The Kier molecular flexibility index (Phi) is 6.88. The van der Waals surface area contributed by atoms with Crippen LogP contribution in [0.1, 0.15) is 45.1 Å². The van der Waals surface area contributed by atoms with Crippen LogP contribution in [0.15, 0.2) is 96.0 Å². The van der Waals surface area contributed by atoms with Gasteiger partial charge in [-0.25, -0.2) is 4.98 Å². The molecule has 1 N–H and O–H groups in total. The van der Waals surface area contributed by atoms with E-state index in [1.807, 2.05) is 30.3 Å². The number of furan rings is 1. The Bertz CT molecular complexity index is 1270. The number of hydrogen-bond donors (Lipinski definition) is 1. The first-order chi connectivity index (χ1) is 16.5. The molecule has 8 nitrogen and oxygen atoms in total. The van der Waals surface area contributed by atoms with E-state index in [0.29, 0.717) is 11.3 Å². The fraction of sp³-hybridized carbons (Fsp3) is 0.115. The van der Waals surface area contributed by atoms with Crippen LogP contribution in [-0.2, 0) is 11.3 Å². The van der Waals surface area contributed by atoms with Gasteiger partial charge in [0.05, 0.1) is 12.5 Å². The van der Waals surface area contributed by atoms with Gasteiger partial charge in [0.25, 0.3) is 11.8 Å². The number of rotatable bonds is 8. The molecule has 34 heavy (non-hydrogen) atoms. The van der Waals surface area contributed by atoms with Gasteiger partial charge in [-0.05, 0) is 36.8 Å². The average Bonchev–Trinajstić information content (AvgIpc) is 3.41. The molecule has 0 fully saturated rings. The standard InChI is InChI=1S/C26H22N4O4/c1-18(31)20-9-5-10-21(15-20)30(26(33)22-17-27-12-13-28-22)24(23-11-6-14-34-23)25(32)29-16-19-7-3-2-4-8-19/h2-15,17,24H,16H2,1H3,(H,29,32)/t24-/m0/s1. The summed E-state index contributed by atoms with van der Waals surface area (Å²) in [6.45, 7) is 1.70. The maximum atomic E-state index is 13.7. The van der Waals surface area contributed by atoms with Crippen LogP contribution in [0.3, 0.4) is 0 Å². The molecule has 0 unspecified atom stereocenters. The Labute approximate surface area is 196 Å². The number of hydrogen-bond acceptors (Lipinski definition) is 6. The molecule has 2 aromatic carbocycles. The molecule has 0 aliphatic rings. The number of carbonyl (C=O) groups is 3. The highest BCUT2D eigenvalue weighted by atomic mass is 16.3.